The maximum atomic E-state index is 3.72. The molecule has 1 aliphatic carbocycles. The smallest absolute Gasteiger partial charge is 0.0176 e. The summed E-state index contributed by atoms with van der Waals surface area (Å²) in [5, 5.41) is 3.72. The molecule has 0 spiro atoms. The van der Waals surface area contributed by atoms with Crippen LogP contribution in [-0.4, -0.2) is 18.3 Å². The van der Waals surface area contributed by atoms with E-state index in [1.165, 1.54) is 30.6 Å². The van der Waals surface area contributed by atoms with Crippen LogP contribution in [0, 0.1) is 5.92 Å². The molecule has 18 heavy (non-hydrogen) atoms. The molecule has 1 aromatic carbocycles. The van der Waals surface area contributed by atoms with Crippen molar-refractivity contribution in [3.05, 3.63) is 28.7 Å². The zero-order valence-electron chi connectivity index (χ0n) is 11.0. The summed E-state index contributed by atoms with van der Waals surface area (Å²) >= 11 is 5.40. The summed E-state index contributed by atoms with van der Waals surface area (Å²) in [5.41, 5.74) is 0. The zero-order valence-corrected chi connectivity index (χ0v) is 13.4. The van der Waals surface area contributed by atoms with E-state index in [1.807, 2.05) is 11.8 Å². The van der Waals surface area contributed by atoms with Crippen LogP contribution in [0.4, 0.5) is 0 Å². The topological polar surface area (TPSA) is 12.0 Å². The van der Waals surface area contributed by atoms with Gasteiger partial charge in [-0.1, -0.05) is 35.7 Å². The van der Waals surface area contributed by atoms with E-state index in [9.17, 15) is 0 Å². The normalized spacial score (nSPS) is 24.1. The molecular weight excluding hydrogens is 306 g/mol. The second kappa shape index (κ2) is 7.56. The fraction of sp³-hybridized carbons (Fsp3) is 0.600. The average Bonchev–Trinajstić information content (AvgIpc) is 2.39. The van der Waals surface area contributed by atoms with Gasteiger partial charge < -0.3 is 5.32 Å². The standard InChI is InChI=1S/C15H22BrNS/c1-12-4-2-3-5-15(12)17-10-11-18-14-8-6-13(16)7-9-14/h6-9,12,15,17H,2-5,10-11H2,1H3. The van der Waals surface area contributed by atoms with E-state index < -0.39 is 0 Å². The Balaban J connectivity index is 1.65. The van der Waals surface area contributed by atoms with E-state index in [2.05, 4.69) is 52.4 Å². The first-order chi connectivity index (χ1) is 8.75. The molecule has 0 saturated heterocycles. The van der Waals surface area contributed by atoms with Crippen LogP contribution in [0.1, 0.15) is 32.6 Å². The zero-order chi connectivity index (χ0) is 12.8. The summed E-state index contributed by atoms with van der Waals surface area (Å²) in [6.45, 7) is 3.51. The van der Waals surface area contributed by atoms with Crippen LogP contribution in [0.15, 0.2) is 33.6 Å². The number of hydrogen-bond donors (Lipinski definition) is 1. The van der Waals surface area contributed by atoms with Crippen molar-refractivity contribution in [3.8, 4) is 0 Å². The molecule has 0 amide bonds. The predicted molar refractivity (Wildman–Crippen MR) is 84.3 cm³/mol. The molecule has 1 nitrogen and oxygen atoms in total. The number of halogens is 1. The summed E-state index contributed by atoms with van der Waals surface area (Å²) in [7, 11) is 0. The average molecular weight is 328 g/mol. The minimum atomic E-state index is 0.754. The highest BCUT2D eigenvalue weighted by atomic mass is 79.9. The molecule has 0 aliphatic heterocycles. The second-order valence-electron chi connectivity index (χ2n) is 5.12. The van der Waals surface area contributed by atoms with Gasteiger partial charge in [0.25, 0.3) is 0 Å². The highest BCUT2D eigenvalue weighted by Crippen LogP contribution is 2.24. The van der Waals surface area contributed by atoms with Crippen LogP contribution < -0.4 is 5.32 Å². The maximum Gasteiger partial charge on any atom is 0.0176 e. The number of rotatable bonds is 5. The van der Waals surface area contributed by atoms with E-state index >= 15 is 0 Å². The first-order valence-electron chi connectivity index (χ1n) is 6.87. The molecule has 0 radical (unpaired) electrons. The molecular formula is C15H22BrNS. The Morgan fingerprint density at radius 1 is 1.22 bits per heavy atom. The van der Waals surface area contributed by atoms with Crippen molar-refractivity contribution in [2.24, 2.45) is 5.92 Å². The maximum absolute atomic E-state index is 3.72. The third-order valence-corrected chi connectivity index (χ3v) is 5.24. The number of nitrogens with one attached hydrogen (secondary N) is 1. The van der Waals surface area contributed by atoms with E-state index in [-0.39, 0.29) is 0 Å². The second-order valence-corrected chi connectivity index (χ2v) is 7.21. The van der Waals surface area contributed by atoms with Gasteiger partial charge in [0, 0.05) is 27.7 Å². The highest BCUT2D eigenvalue weighted by Gasteiger charge is 2.19. The molecule has 0 heterocycles. The van der Waals surface area contributed by atoms with Gasteiger partial charge >= 0.3 is 0 Å². The number of thioether (sulfide) groups is 1. The first-order valence-corrected chi connectivity index (χ1v) is 8.65. The summed E-state index contributed by atoms with van der Waals surface area (Å²) < 4.78 is 1.15. The van der Waals surface area contributed by atoms with Gasteiger partial charge in [-0.05, 0) is 43.0 Å². The molecule has 2 rings (SSSR count). The Labute approximate surface area is 123 Å². The number of benzene rings is 1. The van der Waals surface area contributed by atoms with Gasteiger partial charge in [0.1, 0.15) is 0 Å². The molecule has 1 aromatic rings. The third-order valence-electron chi connectivity index (χ3n) is 3.70. The van der Waals surface area contributed by atoms with E-state index in [1.54, 1.807) is 0 Å². The Morgan fingerprint density at radius 3 is 2.67 bits per heavy atom. The van der Waals surface area contributed by atoms with Gasteiger partial charge in [0.15, 0.2) is 0 Å². The summed E-state index contributed by atoms with van der Waals surface area (Å²) in [4.78, 5) is 1.36. The molecule has 1 aliphatic rings. The van der Waals surface area contributed by atoms with Gasteiger partial charge in [0.05, 0.1) is 0 Å². The molecule has 2 atom stereocenters. The van der Waals surface area contributed by atoms with Gasteiger partial charge in [0.2, 0.25) is 0 Å². The van der Waals surface area contributed by atoms with Gasteiger partial charge in [-0.15, -0.1) is 11.8 Å². The lowest BCUT2D eigenvalue weighted by molar-refractivity contribution is 0.285. The van der Waals surface area contributed by atoms with Crippen LogP contribution in [0.25, 0.3) is 0 Å². The molecule has 0 aromatic heterocycles. The molecule has 0 bridgehead atoms. The summed E-state index contributed by atoms with van der Waals surface area (Å²) in [5.74, 6) is 2.02. The van der Waals surface area contributed by atoms with Crippen LogP contribution in [0.2, 0.25) is 0 Å². The molecule has 3 heteroatoms. The van der Waals surface area contributed by atoms with Crippen molar-refractivity contribution >= 4 is 27.7 Å². The lowest BCUT2D eigenvalue weighted by atomic mass is 9.86. The Bertz CT molecular complexity index is 352. The van der Waals surface area contributed by atoms with Crippen molar-refractivity contribution in [1.29, 1.82) is 0 Å². The van der Waals surface area contributed by atoms with Crippen molar-refractivity contribution in [1.82, 2.24) is 5.32 Å². The molecule has 1 N–H and O–H groups in total. The van der Waals surface area contributed by atoms with Crippen molar-refractivity contribution in [2.75, 3.05) is 12.3 Å². The fourth-order valence-corrected chi connectivity index (χ4v) is 3.61. The minimum Gasteiger partial charge on any atom is -0.313 e. The number of hydrogen-bond acceptors (Lipinski definition) is 2. The van der Waals surface area contributed by atoms with Crippen molar-refractivity contribution < 1.29 is 0 Å². The highest BCUT2D eigenvalue weighted by molar-refractivity contribution is 9.10. The largest absolute Gasteiger partial charge is 0.313 e. The monoisotopic (exact) mass is 327 g/mol. The molecule has 1 fully saturated rings. The quantitative estimate of drug-likeness (QED) is 0.620. The van der Waals surface area contributed by atoms with Crippen molar-refractivity contribution in [3.63, 3.8) is 0 Å². The van der Waals surface area contributed by atoms with E-state index in [0.717, 1.165) is 28.7 Å². The van der Waals surface area contributed by atoms with Crippen LogP contribution in [0.3, 0.4) is 0 Å². The molecule has 2 unspecified atom stereocenters. The fourth-order valence-electron chi connectivity index (χ4n) is 2.56. The third kappa shape index (κ3) is 4.60. The minimum absolute atomic E-state index is 0.754. The summed E-state index contributed by atoms with van der Waals surface area (Å²) in [6, 6.07) is 9.33. The Morgan fingerprint density at radius 2 is 1.94 bits per heavy atom. The lowest BCUT2D eigenvalue weighted by Gasteiger charge is -2.29. The van der Waals surface area contributed by atoms with Crippen LogP contribution in [-0.2, 0) is 0 Å². The van der Waals surface area contributed by atoms with Gasteiger partial charge in [-0.25, -0.2) is 0 Å². The van der Waals surface area contributed by atoms with Gasteiger partial charge in [-0.2, -0.15) is 0 Å². The lowest BCUT2D eigenvalue weighted by Crippen LogP contribution is -2.38. The molecule has 1 saturated carbocycles. The SMILES string of the molecule is CC1CCCCC1NCCSc1ccc(Br)cc1. The first kappa shape index (κ1) is 14.4. The van der Waals surface area contributed by atoms with Crippen LogP contribution >= 0.6 is 27.7 Å². The Kier molecular flexibility index (Phi) is 6.06. The molecule has 100 valence electrons. The van der Waals surface area contributed by atoms with Crippen LogP contribution in [0.5, 0.6) is 0 Å². The summed E-state index contributed by atoms with van der Waals surface area (Å²) in [6.07, 6.45) is 5.59. The van der Waals surface area contributed by atoms with E-state index in [0.29, 0.717) is 0 Å². The van der Waals surface area contributed by atoms with Crippen molar-refractivity contribution in [2.45, 2.75) is 43.5 Å². The van der Waals surface area contributed by atoms with Gasteiger partial charge in [-0.3, -0.25) is 0 Å². The predicted octanol–water partition coefficient (Wildman–Crippen LogP) is 4.71. The van der Waals surface area contributed by atoms with E-state index in [4.69, 9.17) is 0 Å². The Hall–Kier alpha value is 0.01000.